The van der Waals surface area contributed by atoms with Crippen LogP contribution in [0.4, 0.5) is 0 Å². The largest absolute Gasteiger partial charge is 1.00 e. The fourth-order valence-electron chi connectivity index (χ4n) is 5.30. The predicted molar refractivity (Wildman–Crippen MR) is 187 cm³/mol. The van der Waals surface area contributed by atoms with Crippen LogP contribution in [-0.2, 0) is 33.3 Å². The molecule has 0 aromatic heterocycles. The Morgan fingerprint density at radius 2 is 0.690 bits per heavy atom. The first-order valence-corrected chi connectivity index (χ1v) is 21.4. The molecule has 1 aromatic rings. The van der Waals surface area contributed by atoms with E-state index >= 15 is 0 Å². The average Bonchev–Trinajstić information content (AvgIpc) is 2.91. The van der Waals surface area contributed by atoms with Gasteiger partial charge in [0.25, 0.3) is 0 Å². The fraction of sp³-hybridized carbons (Fsp3) is 0.833. The van der Waals surface area contributed by atoms with Crippen molar-refractivity contribution in [1.29, 1.82) is 0 Å². The normalized spacial score (nSPS) is 11.0. The van der Waals surface area contributed by atoms with E-state index in [1.165, 1.54) is 127 Å². The summed E-state index contributed by atoms with van der Waals surface area (Å²) in [6.07, 6.45) is 36.5. The molecule has 0 bridgehead atoms. The Morgan fingerprint density at radius 1 is 0.429 bits per heavy atom. The van der Waals surface area contributed by atoms with Gasteiger partial charge in [0.05, 0.1) is 38.2 Å². The van der Waals surface area contributed by atoms with Gasteiger partial charge in [-0.2, -0.15) is 0 Å². The smallest absolute Gasteiger partial charge is 0.136 e. The van der Waals surface area contributed by atoms with Gasteiger partial charge in [-0.25, -0.2) is 0 Å². The van der Waals surface area contributed by atoms with Crippen molar-refractivity contribution >= 4 is 21.8 Å². The second-order valence-corrected chi connectivity index (χ2v) is 16.9. The molecule has 0 N–H and O–H groups in total. The summed E-state index contributed by atoms with van der Waals surface area (Å²) in [5.41, 5.74) is 2.68. The molecule has 0 aliphatic heterocycles. The molecule has 2 nitrogen and oxygen atoms in total. The lowest BCUT2D eigenvalue weighted by molar-refractivity contribution is -0.001000. The molecular weight excluding hydrogens is 688 g/mol. The van der Waals surface area contributed by atoms with Crippen LogP contribution in [0.3, 0.4) is 0 Å². The molecule has 0 aliphatic carbocycles. The van der Waals surface area contributed by atoms with Gasteiger partial charge >= 0.3 is 0 Å². The van der Waals surface area contributed by atoms with Crippen molar-refractivity contribution in [1.82, 2.24) is 0 Å². The van der Waals surface area contributed by atoms with Gasteiger partial charge in [0.1, 0.15) is 23.0 Å². The minimum atomic E-state index is 0. The first-order chi connectivity index (χ1) is 19.5. The molecular formula is C36H68Br2O2S2. The maximum atomic E-state index is 6.45. The minimum absolute atomic E-state index is 0. The third kappa shape index (κ3) is 24.8. The molecule has 0 aliphatic rings. The van der Waals surface area contributed by atoms with Gasteiger partial charge in [0, 0.05) is 11.1 Å². The fourth-order valence-corrected chi connectivity index (χ4v) is 7.00. The molecule has 1 rings (SSSR count). The highest BCUT2D eigenvalue weighted by molar-refractivity contribution is 7.95. The standard InChI is InChI=1S/C36H68O2S2.2BrH/c1-7-9-11-13-15-17-19-21-23-25-27-37-35-29-34(32-40(5)6)36(30-33(35)31-39(3)4)38-28-26-24-22-20-18-16-14-12-10-8-2;;/h29-30H,7-28,31-32H2,1-6H3;2*1H/q+2;;/p-2. The summed E-state index contributed by atoms with van der Waals surface area (Å²) in [6.45, 7) is 6.27. The number of hydrogen-bond acceptors (Lipinski definition) is 2. The van der Waals surface area contributed by atoms with E-state index in [9.17, 15) is 0 Å². The monoisotopic (exact) mass is 754 g/mol. The van der Waals surface area contributed by atoms with Crippen LogP contribution in [0.15, 0.2) is 12.1 Å². The quantitative estimate of drug-likeness (QED) is 0.0882. The van der Waals surface area contributed by atoms with Gasteiger partial charge < -0.3 is 43.4 Å². The molecule has 1 aromatic carbocycles. The van der Waals surface area contributed by atoms with Gasteiger partial charge in [-0.3, -0.25) is 0 Å². The van der Waals surface area contributed by atoms with E-state index in [-0.39, 0.29) is 34.0 Å². The van der Waals surface area contributed by atoms with Crippen molar-refractivity contribution in [3.05, 3.63) is 23.3 Å². The highest BCUT2D eigenvalue weighted by Crippen LogP contribution is 2.32. The van der Waals surface area contributed by atoms with Crippen LogP contribution < -0.4 is 43.4 Å². The van der Waals surface area contributed by atoms with Crippen LogP contribution in [0.25, 0.3) is 0 Å². The van der Waals surface area contributed by atoms with Gasteiger partial charge in [0.15, 0.2) is 0 Å². The second kappa shape index (κ2) is 31.5. The highest BCUT2D eigenvalue weighted by Gasteiger charge is 2.19. The third-order valence-corrected chi connectivity index (χ3v) is 9.42. The topological polar surface area (TPSA) is 18.5 Å². The molecule has 0 amide bonds. The molecule has 0 heterocycles. The van der Waals surface area contributed by atoms with E-state index in [2.05, 4.69) is 51.0 Å². The van der Waals surface area contributed by atoms with Gasteiger partial charge in [0.2, 0.25) is 0 Å². The van der Waals surface area contributed by atoms with Crippen LogP contribution in [0.2, 0.25) is 0 Å². The number of halogens is 2. The van der Waals surface area contributed by atoms with Crippen LogP contribution >= 0.6 is 0 Å². The lowest BCUT2D eigenvalue weighted by atomic mass is 10.1. The second-order valence-electron chi connectivity index (χ2n) is 12.4. The van der Waals surface area contributed by atoms with E-state index in [0.717, 1.165) is 49.1 Å². The molecule has 0 spiro atoms. The minimum Gasteiger partial charge on any atom is -1.00 e. The maximum absolute atomic E-state index is 6.45. The summed E-state index contributed by atoms with van der Waals surface area (Å²) in [6, 6.07) is 4.67. The Balaban J connectivity index is 0. The average molecular weight is 757 g/mol. The van der Waals surface area contributed by atoms with Gasteiger partial charge in [-0.05, 0) is 46.8 Å². The van der Waals surface area contributed by atoms with Crippen molar-refractivity contribution in [2.75, 3.05) is 38.2 Å². The Bertz CT molecular complexity index is 656. The Hall–Kier alpha value is 0.480. The SMILES string of the molecule is CCCCCCCCCCCCOc1cc(C[S+](C)C)c(OCCCCCCCCCCCC)cc1C[S+](C)C.[Br-].[Br-]. The molecule has 0 fully saturated rings. The number of benzene rings is 1. The molecule has 0 radical (unpaired) electrons. The van der Waals surface area contributed by atoms with Crippen LogP contribution in [0, 0.1) is 0 Å². The molecule has 0 atom stereocenters. The number of hydrogen-bond donors (Lipinski definition) is 0. The summed E-state index contributed by atoms with van der Waals surface area (Å²) in [4.78, 5) is 0. The zero-order valence-corrected chi connectivity index (χ0v) is 33.3. The maximum Gasteiger partial charge on any atom is 0.136 e. The highest BCUT2D eigenvalue weighted by atomic mass is 79.9. The zero-order valence-electron chi connectivity index (χ0n) is 28.5. The van der Waals surface area contributed by atoms with E-state index in [0.29, 0.717) is 21.8 Å². The van der Waals surface area contributed by atoms with E-state index in [4.69, 9.17) is 9.47 Å². The molecule has 250 valence electrons. The van der Waals surface area contributed by atoms with Crippen molar-refractivity contribution in [3.8, 4) is 11.5 Å². The molecule has 6 heteroatoms. The van der Waals surface area contributed by atoms with Gasteiger partial charge in [-0.1, -0.05) is 129 Å². The number of unbranched alkanes of at least 4 members (excludes halogenated alkanes) is 18. The molecule has 0 saturated heterocycles. The first kappa shape index (κ1) is 44.6. The van der Waals surface area contributed by atoms with Crippen LogP contribution in [-0.4, -0.2) is 38.2 Å². The summed E-state index contributed by atoms with van der Waals surface area (Å²) < 4.78 is 12.9. The third-order valence-electron chi connectivity index (χ3n) is 7.64. The van der Waals surface area contributed by atoms with Crippen LogP contribution in [0.5, 0.6) is 11.5 Å². The lowest BCUT2D eigenvalue weighted by Crippen LogP contribution is -3.00. The summed E-state index contributed by atoms with van der Waals surface area (Å²) in [7, 11) is 0.664. The number of rotatable bonds is 28. The van der Waals surface area contributed by atoms with Crippen molar-refractivity contribution in [2.24, 2.45) is 0 Å². The van der Waals surface area contributed by atoms with Crippen molar-refractivity contribution in [3.63, 3.8) is 0 Å². The van der Waals surface area contributed by atoms with E-state index in [1.807, 2.05) is 0 Å². The summed E-state index contributed by atoms with van der Waals surface area (Å²) >= 11 is 0. The zero-order chi connectivity index (χ0) is 29.3. The molecule has 0 unspecified atom stereocenters. The summed E-state index contributed by atoms with van der Waals surface area (Å²) in [5.74, 6) is 4.38. The lowest BCUT2D eigenvalue weighted by Gasteiger charge is -2.17. The van der Waals surface area contributed by atoms with Gasteiger partial charge in [-0.15, -0.1) is 0 Å². The Morgan fingerprint density at radius 3 is 0.952 bits per heavy atom. The Kier molecular flexibility index (Phi) is 33.4. The van der Waals surface area contributed by atoms with E-state index in [1.54, 1.807) is 0 Å². The first-order valence-electron chi connectivity index (χ1n) is 17.0. The number of ether oxygens (including phenoxy) is 2. The van der Waals surface area contributed by atoms with Crippen molar-refractivity contribution in [2.45, 2.75) is 154 Å². The summed E-state index contributed by atoms with van der Waals surface area (Å²) in [5, 5.41) is 0. The molecule has 42 heavy (non-hydrogen) atoms. The van der Waals surface area contributed by atoms with E-state index < -0.39 is 0 Å². The predicted octanol–water partition coefficient (Wildman–Crippen LogP) is 5.05. The van der Waals surface area contributed by atoms with Crippen LogP contribution in [0.1, 0.15) is 153 Å². The molecule has 0 saturated carbocycles. The Labute approximate surface area is 290 Å². The van der Waals surface area contributed by atoms with Crippen molar-refractivity contribution < 1.29 is 43.4 Å².